The van der Waals surface area contributed by atoms with Crippen molar-refractivity contribution in [3.05, 3.63) is 11.1 Å². The molecular formula is C7H10N2O3S. The lowest BCUT2D eigenvalue weighted by molar-refractivity contribution is -0.137. The molecule has 1 heterocycles. The van der Waals surface area contributed by atoms with Gasteiger partial charge in [0.05, 0.1) is 13.2 Å². The minimum atomic E-state index is -0.580. The van der Waals surface area contributed by atoms with Gasteiger partial charge in [0.1, 0.15) is 5.70 Å². The Morgan fingerprint density at radius 1 is 1.85 bits per heavy atom. The zero-order valence-corrected chi connectivity index (χ0v) is 7.89. The maximum atomic E-state index is 11.1. The molecule has 0 aromatic heterocycles. The smallest absolute Gasteiger partial charge is 0.355 e. The summed E-state index contributed by atoms with van der Waals surface area (Å²) in [5, 5.41) is 3.92. The van der Waals surface area contributed by atoms with Crippen molar-refractivity contribution < 1.29 is 14.3 Å². The van der Waals surface area contributed by atoms with Gasteiger partial charge in [-0.1, -0.05) is 0 Å². The highest BCUT2D eigenvalue weighted by atomic mass is 32.2. The van der Waals surface area contributed by atoms with Crippen molar-refractivity contribution in [2.45, 2.75) is 6.04 Å². The minimum absolute atomic E-state index is 0.144. The highest BCUT2D eigenvalue weighted by Gasteiger charge is 2.21. The molecule has 1 aliphatic heterocycles. The highest BCUT2D eigenvalue weighted by Crippen LogP contribution is 2.11. The zero-order chi connectivity index (χ0) is 9.84. The summed E-state index contributed by atoms with van der Waals surface area (Å²) in [4.78, 5) is 22.2. The van der Waals surface area contributed by atoms with E-state index in [1.807, 2.05) is 0 Å². The fourth-order valence-electron chi connectivity index (χ4n) is 0.775. The summed E-state index contributed by atoms with van der Waals surface area (Å²) in [6, 6.07) is -0.580. The SMILES string of the molecule is COC(=O)C1=CSC[C@H](N)C(=O)N1. The Bertz CT molecular complexity index is 264. The second-order valence-corrected chi connectivity index (χ2v) is 3.35. The Morgan fingerprint density at radius 3 is 3.15 bits per heavy atom. The van der Waals surface area contributed by atoms with Crippen LogP contribution in [0.4, 0.5) is 0 Å². The number of carbonyl (C=O) groups is 2. The fraction of sp³-hybridized carbons (Fsp3) is 0.429. The van der Waals surface area contributed by atoms with Gasteiger partial charge >= 0.3 is 5.97 Å². The van der Waals surface area contributed by atoms with E-state index in [-0.39, 0.29) is 11.6 Å². The highest BCUT2D eigenvalue weighted by molar-refractivity contribution is 8.02. The van der Waals surface area contributed by atoms with E-state index in [2.05, 4.69) is 10.1 Å². The summed E-state index contributed by atoms with van der Waals surface area (Å²) in [7, 11) is 1.25. The molecule has 0 bridgehead atoms. The molecule has 72 valence electrons. The number of nitrogens with two attached hydrogens (primary N) is 1. The van der Waals surface area contributed by atoms with E-state index in [1.165, 1.54) is 24.3 Å². The van der Waals surface area contributed by atoms with Crippen LogP contribution in [-0.4, -0.2) is 30.8 Å². The summed E-state index contributed by atoms with van der Waals surface area (Å²) >= 11 is 1.31. The molecule has 1 atom stereocenters. The molecule has 13 heavy (non-hydrogen) atoms. The van der Waals surface area contributed by atoms with Gasteiger partial charge in [0.25, 0.3) is 0 Å². The molecule has 5 nitrogen and oxygen atoms in total. The van der Waals surface area contributed by atoms with Crippen LogP contribution >= 0.6 is 11.8 Å². The summed E-state index contributed by atoms with van der Waals surface area (Å²) in [5.41, 5.74) is 5.61. The van der Waals surface area contributed by atoms with Gasteiger partial charge in [0, 0.05) is 11.2 Å². The number of thioether (sulfide) groups is 1. The Balaban J connectivity index is 2.71. The van der Waals surface area contributed by atoms with E-state index in [0.29, 0.717) is 5.75 Å². The number of carbonyl (C=O) groups excluding carboxylic acids is 2. The minimum Gasteiger partial charge on any atom is -0.464 e. The van der Waals surface area contributed by atoms with Crippen molar-refractivity contribution in [3.63, 3.8) is 0 Å². The molecule has 0 saturated carbocycles. The first-order chi connectivity index (χ1) is 6.15. The molecule has 1 aliphatic rings. The zero-order valence-electron chi connectivity index (χ0n) is 7.07. The topological polar surface area (TPSA) is 81.4 Å². The van der Waals surface area contributed by atoms with Crippen molar-refractivity contribution in [1.82, 2.24) is 5.32 Å². The summed E-state index contributed by atoms with van der Waals surface area (Å²) in [6.45, 7) is 0. The van der Waals surface area contributed by atoms with Crippen LogP contribution in [0.15, 0.2) is 11.1 Å². The van der Waals surface area contributed by atoms with E-state index in [9.17, 15) is 9.59 Å². The van der Waals surface area contributed by atoms with Crippen LogP contribution in [0.2, 0.25) is 0 Å². The van der Waals surface area contributed by atoms with E-state index in [4.69, 9.17) is 5.73 Å². The van der Waals surface area contributed by atoms with E-state index in [1.54, 1.807) is 0 Å². The molecule has 3 N–H and O–H groups in total. The van der Waals surface area contributed by atoms with Crippen LogP contribution in [0, 0.1) is 0 Å². The fourth-order valence-corrected chi connectivity index (χ4v) is 1.55. The second-order valence-electron chi connectivity index (χ2n) is 2.45. The second kappa shape index (κ2) is 4.29. The third kappa shape index (κ3) is 2.46. The molecule has 1 amide bonds. The third-order valence-electron chi connectivity index (χ3n) is 1.48. The van der Waals surface area contributed by atoms with Gasteiger partial charge in [-0.15, -0.1) is 11.8 Å². The molecule has 1 rings (SSSR count). The van der Waals surface area contributed by atoms with Crippen molar-refractivity contribution in [2.75, 3.05) is 12.9 Å². The number of esters is 1. The average molecular weight is 202 g/mol. The molecule has 0 aromatic rings. The molecule has 0 spiro atoms. The maximum absolute atomic E-state index is 11.1. The van der Waals surface area contributed by atoms with Crippen LogP contribution in [0.5, 0.6) is 0 Å². The molecule has 6 heteroatoms. The summed E-state index contributed by atoms with van der Waals surface area (Å²) in [5.74, 6) is -0.455. The van der Waals surface area contributed by atoms with Gasteiger partial charge in [0.2, 0.25) is 5.91 Å². The van der Waals surface area contributed by atoms with Crippen LogP contribution in [-0.2, 0) is 14.3 Å². The first-order valence-corrected chi connectivity index (χ1v) is 4.66. The lowest BCUT2D eigenvalue weighted by Gasteiger charge is -2.07. The number of hydrogen-bond donors (Lipinski definition) is 2. The van der Waals surface area contributed by atoms with Crippen molar-refractivity contribution in [1.29, 1.82) is 0 Å². The molecule has 0 radical (unpaired) electrons. The predicted octanol–water partition coefficient (Wildman–Crippen LogP) is -0.809. The van der Waals surface area contributed by atoms with Crippen LogP contribution in [0.1, 0.15) is 0 Å². The van der Waals surface area contributed by atoms with Gasteiger partial charge in [0.15, 0.2) is 0 Å². The summed E-state index contributed by atoms with van der Waals surface area (Å²) < 4.78 is 4.45. The standard InChI is InChI=1S/C7H10N2O3S/c1-12-7(11)5-3-13-2-4(8)6(10)9-5/h3-4H,2,8H2,1H3,(H,9,10)/t4-/m0/s1. The average Bonchev–Trinajstić information content (AvgIpc) is 2.28. The lowest BCUT2D eigenvalue weighted by atomic mass is 10.3. The van der Waals surface area contributed by atoms with Gasteiger partial charge in [-0.2, -0.15) is 0 Å². The quantitative estimate of drug-likeness (QED) is 0.543. The predicted molar refractivity (Wildman–Crippen MR) is 48.7 cm³/mol. The van der Waals surface area contributed by atoms with E-state index in [0.717, 1.165) is 0 Å². The number of hydrogen-bond acceptors (Lipinski definition) is 5. The number of methoxy groups -OCH3 is 1. The Labute approximate surface area is 79.7 Å². The molecule has 0 fully saturated rings. The Kier molecular flexibility index (Phi) is 3.32. The molecule has 0 saturated heterocycles. The number of nitrogens with one attached hydrogen (secondary N) is 1. The molecule has 0 aliphatic carbocycles. The molecule has 0 aromatic carbocycles. The lowest BCUT2D eigenvalue weighted by Crippen LogP contribution is -2.41. The number of rotatable bonds is 1. The monoisotopic (exact) mass is 202 g/mol. The summed E-state index contributed by atoms with van der Waals surface area (Å²) in [6.07, 6.45) is 0. The Morgan fingerprint density at radius 2 is 2.54 bits per heavy atom. The van der Waals surface area contributed by atoms with Gasteiger partial charge in [-0.25, -0.2) is 4.79 Å². The van der Waals surface area contributed by atoms with Gasteiger partial charge in [-0.3, -0.25) is 4.79 Å². The van der Waals surface area contributed by atoms with Gasteiger partial charge in [-0.05, 0) is 0 Å². The molecule has 0 unspecified atom stereocenters. The van der Waals surface area contributed by atoms with Crippen molar-refractivity contribution in [2.24, 2.45) is 5.73 Å². The third-order valence-corrected chi connectivity index (χ3v) is 2.43. The van der Waals surface area contributed by atoms with Crippen molar-refractivity contribution in [3.8, 4) is 0 Å². The normalized spacial score (nSPS) is 22.8. The first-order valence-electron chi connectivity index (χ1n) is 3.61. The van der Waals surface area contributed by atoms with E-state index < -0.39 is 12.0 Å². The number of amides is 1. The largest absolute Gasteiger partial charge is 0.464 e. The number of ether oxygens (including phenoxy) is 1. The maximum Gasteiger partial charge on any atom is 0.355 e. The molecular weight excluding hydrogens is 192 g/mol. The van der Waals surface area contributed by atoms with Crippen molar-refractivity contribution >= 4 is 23.6 Å². The first kappa shape index (κ1) is 10.1. The van der Waals surface area contributed by atoms with Crippen LogP contribution in [0.25, 0.3) is 0 Å². The van der Waals surface area contributed by atoms with Crippen LogP contribution < -0.4 is 11.1 Å². The van der Waals surface area contributed by atoms with Gasteiger partial charge < -0.3 is 15.8 Å². The Hall–Kier alpha value is -1.01. The van der Waals surface area contributed by atoms with Crippen LogP contribution in [0.3, 0.4) is 0 Å². The van der Waals surface area contributed by atoms with E-state index >= 15 is 0 Å².